The van der Waals surface area contributed by atoms with Crippen LogP contribution in [0.1, 0.15) is 18.0 Å². The number of nitrogens with one attached hydrogen (secondary N) is 1. The first-order chi connectivity index (χ1) is 10.2. The van der Waals surface area contributed by atoms with Crippen molar-refractivity contribution < 1.29 is 9.21 Å². The van der Waals surface area contributed by atoms with E-state index in [1.165, 1.54) is 0 Å². The van der Waals surface area contributed by atoms with Gasteiger partial charge in [-0.2, -0.15) is 0 Å². The van der Waals surface area contributed by atoms with Gasteiger partial charge in [0.25, 0.3) is 0 Å². The molecule has 3 rings (SSSR count). The number of fused-ring (bicyclic) bond motifs is 1. The Labute approximate surface area is 120 Å². The van der Waals surface area contributed by atoms with E-state index < -0.39 is 0 Å². The average Bonchev–Trinajstić information content (AvgIpc) is 3.08. The normalized spacial score (nSPS) is 10.9. The molecule has 1 N–H and O–H groups in total. The maximum absolute atomic E-state index is 11.8. The van der Waals surface area contributed by atoms with Crippen LogP contribution in [0.3, 0.4) is 0 Å². The number of furan rings is 1. The minimum Gasteiger partial charge on any atom is -0.459 e. The number of tetrazole rings is 1. The smallest absolute Gasteiger partial charge is 0.222 e. The molecule has 1 amide bonds. The molecule has 0 atom stereocenters. The summed E-state index contributed by atoms with van der Waals surface area (Å²) in [5, 5.41) is 15.0. The van der Waals surface area contributed by atoms with Gasteiger partial charge in [0.15, 0.2) is 0 Å². The summed E-state index contributed by atoms with van der Waals surface area (Å²) < 4.78 is 7.23. The largest absolute Gasteiger partial charge is 0.459 e. The third-order valence-electron chi connectivity index (χ3n) is 3.20. The summed E-state index contributed by atoms with van der Waals surface area (Å²) in [5.41, 5.74) is 0.825. The van der Waals surface area contributed by atoms with Crippen molar-refractivity contribution in [2.24, 2.45) is 0 Å². The highest BCUT2D eigenvalue weighted by Gasteiger charge is 2.07. The van der Waals surface area contributed by atoms with E-state index in [9.17, 15) is 4.79 Å². The summed E-state index contributed by atoms with van der Waals surface area (Å²) in [7, 11) is 0. The molecule has 3 aromatic rings. The van der Waals surface area contributed by atoms with E-state index in [0.29, 0.717) is 25.3 Å². The number of aryl methyl sites for hydroxylation is 2. The Balaban J connectivity index is 1.52. The topological polar surface area (TPSA) is 85.8 Å². The average molecular weight is 285 g/mol. The number of carbonyl (C=O) groups excluding carboxylic acids is 1. The summed E-state index contributed by atoms with van der Waals surface area (Å²) in [6.07, 6.45) is 0.326. The molecule has 0 aliphatic rings. The molecule has 0 fully saturated rings. The Kier molecular flexibility index (Phi) is 3.63. The van der Waals surface area contributed by atoms with Crippen LogP contribution in [0.2, 0.25) is 0 Å². The zero-order chi connectivity index (χ0) is 14.7. The molecular weight excluding hydrogens is 270 g/mol. The van der Waals surface area contributed by atoms with Crippen molar-refractivity contribution in [3.05, 3.63) is 41.9 Å². The van der Waals surface area contributed by atoms with Crippen LogP contribution >= 0.6 is 0 Å². The van der Waals surface area contributed by atoms with Crippen LogP contribution in [0.25, 0.3) is 11.0 Å². The number of rotatable bonds is 5. The van der Waals surface area contributed by atoms with Crippen LogP contribution in [0.5, 0.6) is 0 Å². The fourth-order valence-corrected chi connectivity index (χ4v) is 2.06. The molecule has 21 heavy (non-hydrogen) atoms. The van der Waals surface area contributed by atoms with Crippen LogP contribution in [-0.2, 0) is 17.9 Å². The van der Waals surface area contributed by atoms with Gasteiger partial charge < -0.3 is 9.73 Å². The summed E-state index contributed by atoms with van der Waals surface area (Å²) in [5.74, 6) is 1.37. The van der Waals surface area contributed by atoms with Gasteiger partial charge in [-0.25, -0.2) is 4.68 Å². The molecule has 0 spiro atoms. The molecule has 7 nitrogen and oxygen atoms in total. The molecule has 2 aromatic heterocycles. The van der Waals surface area contributed by atoms with Gasteiger partial charge in [0.2, 0.25) is 5.91 Å². The first kappa shape index (κ1) is 13.3. The number of carbonyl (C=O) groups is 1. The lowest BCUT2D eigenvalue weighted by Gasteiger charge is -2.03. The van der Waals surface area contributed by atoms with Crippen molar-refractivity contribution in [2.45, 2.75) is 26.4 Å². The molecule has 0 bridgehead atoms. The minimum atomic E-state index is -0.0645. The Morgan fingerprint density at radius 1 is 1.38 bits per heavy atom. The fraction of sp³-hybridized carbons (Fsp3) is 0.286. The van der Waals surface area contributed by atoms with Gasteiger partial charge in [0, 0.05) is 11.8 Å². The second-order valence-electron chi connectivity index (χ2n) is 4.73. The zero-order valence-corrected chi connectivity index (χ0v) is 11.6. The highest BCUT2D eigenvalue weighted by atomic mass is 16.3. The van der Waals surface area contributed by atoms with Gasteiger partial charge in [-0.15, -0.1) is 5.10 Å². The molecule has 0 radical (unpaired) electrons. The SMILES string of the molecule is Cc1nnnn1CCC(=O)NCc1cc2ccccc2o1. The van der Waals surface area contributed by atoms with Crippen LogP contribution in [0.4, 0.5) is 0 Å². The van der Waals surface area contributed by atoms with Gasteiger partial charge in [-0.05, 0) is 29.5 Å². The van der Waals surface area contributed by atoms with E-state index in [1.54, 1.807) is 11.6 Å². The van der Waals surface area contributed by atoms with E-state index in [-0.39, 0.29) is 5.91 Å². The highest BCUT2D eigenvalue weighted by Crippen LogP contribution is 2.18. The molecule has 0 aliphatic heterocycles. The van der Waals surface area contributed by atoms with E-state index in [4.69, 9.17) is 4.42 Å². The number of benzene rings is 1. The lowest BCUT2D eigenvalue weighted by atomic mass is 10.2. The number of para-hydroxylation sites is 1. The van der Waals surface area contributed by atoms with Gasteiger partial charge in [-0.1, -0.05) is 18.2 Å². The van der Waals surface area contributed by atoms with Crippen molar-refractivity contribution in [2.75, 3.05) is 0 Å². The van der Waals surface area contributed by atoms with E-state index in [2.05, 4.69) is 20.8 Å². The molecular formula is C14H15N5O2. The molecule has 0 aliphatic carbocycles. The lowest BCUT2D eigenvalue weighted by molar-refractivity contribution is -0.121. The first-order valence-corrected chi connectivity index (χ1v) is 6.69. The summed E-state index contributed by atoms with van der Waals surface area (Å²) in [4.78, 5) is 11.8. The summed E-state index contributed by atoms with van der Waals surface area (Å²) in [6, 6.07) is 9.68. The van der Waals surface area contributed by atoms with Crippen molar-refractivity contribution >= 4 is 16.9 Å². The fourth-order valence-electron chi connectivity index (χ4n) is 2.06. The maximum atomic E-state index is 11.8. The Hall–Kier alpha value is -2.70. The van der Waals surface area contributed by atoms with Gasteiger partial charge in [0.1, 0.15) is 17.2 Å². The summed E-state index contributed by atoms with van der Waals surface area (Å²) in [6.45, 7) is 2.64. The first-order valence-electron chi connectivity index (χ1n) is 6.69. The third kappa shape index (κ3) is 3.07. The van der Waals surface area contributed by atoms with Gasteiger partial charge in [0.05, 0.1) is 13.1 Å². The van der Waals surface area contributed by atoms with Gasteiger partial charge >= 0.3 is 0 Å². The van der Waals surface area contributed by atoms with Crippen molar-refractivity contribution in [3.8, 4) is 0 Å². The monoisotopic (exact) mass is 285 g/mol. The number of nitrogens with zero attached hydrogens (tertiary/aromatic N) is 4. The van der Waals surface area contributed by atoms with Crippen LogP contribution in [0.15, 0.2) is 34.7 Å². The van der Waals surface area contributed by atoms with Crippen molar-refractivity contribution in [3.63, 3.8) is 0 Å². The molecule has 1 aromatic carbocycles. The van der Waals surface area contributed by atoms with Crippen LogP contribution < -0.4 is 5.32 Å². The van der Waals surface area contributed by atoms with E-state index in [1.807, 2.05) is 30.3 Å². The third-order valence-corrected chi connectivity index (χ3v) is 3.20. The molecule has 0 saturated heterocycles. The molecule has 0 unspecified atom stereocenters. The maximum Gasteiger partial charge on any atom is 0.222 e. The number of hydrogen-bond acceptors (Lipinski definition) is 5. The predicted molar refractivity (Wildman–Crippen MR) is 75.2 cm³/mol. The molecule has 108 valence electrons. The second-order valence-corrected chi connectivity index (χ2v) is 4.73. The molecule has 0 saturated carbocycles. The van der Waals surface area contributed by atoms with Crippen molar-refractivity contribution in [1.29, 1.82) is 0 Å². The van der Waals surface area contributed by atoms with E-state index in [0.717, 1.165) is 16.7 Å². The zero-order valence-electron chi connectivity index (χ0n) is 11.6. The second kappa shape index (κ2) is 5.74. The van der Waals surface area contributed by atoms with Crippen LogP contribution in [0, 0.1) is 6.92 Å². The molecule has 7 heteroatoms. The standard InChI is InChI=1S/C14H15N5O2/c1-10-16-17-18-19(10)7-6-14(20)15-9-12-8-11-4-2-3-5-13(11)21-12/h2-5,8H,6-7,9H2,1H3,(H,15,20). The lowest BCUT2D eigenvalue weighted by Crippen LogP contribution is -2.24. The Morgan fingerprint density at radius 3 is 3.00 bits per heavy atom. The molecule has 2 heterocycles. The van der Waals surface area contributed by atoms with Gasteiger partial charge in [-0.3, -0.25) is 4.79 Å². The quantitative estimate of drug-likeness (QED) is 0.766. The van der Waals surface area contributed by atoms with E-state index >= 15 is 0 Å². The number of hydrogen-bond donors (Lipinski definition) is 1. The minimum absolute atomic E-state index is 0.0645. The van der Waals surface area contributed by atoms with Crippen LogP contribution in [-0.4, -0.2) is 26.1 Å². The highest BCUT2D eigenvalue weighted by molar-refractivity contribution is 5.78. The summed E-state index contributed by atoms with van der Waals surface area (Å²) >= 11 is 0. The van der Waals surface area contributed by atoms with Crippen molar-refractivity contribution in [1.82, 2.24) is 25.5 Å². The Morgan fingerprint density at radius 2 is 2.24 bits per heavy atom. The Bertz CT molecular complexity index is 728. The number of aromatic nitrogens is 4. The number of amides is 1. The predicted octanol–water partition coefficient (Wildman–Crippen LogP) is 1.43.